The summed E-state index contributed by atoms with van der Waals surface area (Å²) < 4.78 is 28.7. The van der Waals surface area contributed by atoms with Gasteiger partial charge in [-0.2, -0.15) is 9.40 Å². The van der Waals surface area contributed by atoms with Crippen LogP contribution in [0.15, 0.2) is 59.9 Å². The molecule has 0 radical (unpaired) electrons. The van der Waals surface area contributed by atoms with E-state index in [0.29, 0.717) is 25.5 Å². The predicted octanol–water partition coefficient (Wildman–Crippen LogP) is 2.96. The number of rotatable bonds is 7. The predicted molar refractivity (Wildman–Crippen MR) is 114 cm³/mol. The Bertz CT molecular complexity index is 1160. The molecule has 0 aliphatic carbocycles. The molecule has 31 heavy (non-hydrogen) atoms. The van der Waals surface area contributed by atoms with Crippen molar-refractivity contribution in [3.63, 3.8) is 0 Å². The van der Waals surface area contributed by atoms with Crippen LogP contribution in [0.1, 0.15) is 24.8 Å². The first kappa shape index (κ1) is 20.9. The smallest absolute Gasteiger partial charge is 0.293 e. The largest absolute Gasteiger partial charge is 0.375 e. The summed E-state index contributed by atoms with van der Waals surface area (Å²) in [6.07, 6.45) is 7.69. The van der Waals surface area contributed by atoms with Gasteiger partial charge in [-0.3, -0.25) is 10.1 Å². The minimum Gasteiger partial charge on any atom is -0.375 e. The Labute approximate surface area is 179 Å². The number of nitro benzene ring substituents is 1. The monoisotopic (exact) mass is 442 g/mol. The number of aromatic nitrogens is 3. The Balaban J connectivity index is 1.51. The highest BCUT2D eigenvalue weighted by Gasteiger charge is 2.28. The summed E-state index contributed by atoms with van der Waals surface area (Å²) in [5.74, 6) is 0.659. The van der Waals surface area contributed by atoms with Gasteiger partial charge in [-0.1, -0.05) is 12.5 Å². The van der Waals surface area contributed by atoms with Gasteiger partial charge in [0, 0.05) is 44.3 Å². The van der Waals surface area contributed by atoms with Crippen LogP contribution in [0.4, 0.5) is 11.4 Å². The molecule has 0 bridgehead atoms. The number of benzene rings is 1. The number of nitrogens with zero attached hydrogens (tertiary/aromatic N) is 5. The molecule has 3 aromatic rings. The van der Waals surface area contributed by atoms with Gasteiger partial charge >= 0.3 is 0 Å². The molecule has 1 aliphatic heterocycles. The van der Waals surface area contributed by atoms with E-state index < -0.39 is 14.9 Å². The number of anilines is 1. The van der Waals surface area contributed by atoms with Crippen molar-refractivity contribution in [2.24, 2.45) is 0 Å². The van der Waals surface area contributed by atoms with Crippen LogP contribution in [0.3, 0.4) is 0 Å². The van der Waals surface area contributed by atoms with Crippen LogP contribution in [0, 0.1) is 10.1 Å². The van der Waals surface area contributed by atoms with E-state index in [4.69, 9.17) is 0 Å². The van der Waals surface area contributed by atoms with Crippen LogP contribution in [0.25, 0.3) is 5.82 Å². The maximum absolute atomic E-state index is 12.8. The lowest BCUT2D eigenvalue weighted by Crippen LogP contribution is -2.35. The summed E-state index contributed by atoms with van der Waals surface area (Å²) in [6, 6.07) is 9.43. The van der Waals surface area contributed by atoms with Crippen molar-refractivity contribution in [2.75, 3.05) is 18.4 Å². The highest BCUT2D eigenvalue weighted by molar-refractivity contribution is 7.89. The Kier molecular flexibility index (Phi) is 5.96. The van der Waals surface area contributed by atoms with Crippen molar-refractivity contribution in [2.45, 2.75) is 30.7 Å². The van der Waals surface area contributed by atoms with Crippen molar-refractivity contribution in [1.82, 2.24) is 19.1 Å². The van der Waals surface area contributed by atoms with Crippen LogP contribution in [0.2, 0.25) is 0 Å². The molecule has 0 spiro atoms. The van der Waals surface area contributed by atoms with E-state index in [0.717, 1.165) is 30.9 Å². The lowest BCUT2D eigenvalue weighted by Gasteiger charge is -2.25. The van der Waals surface area contributed by atoms with Crippen molar-refractivity contribution in [3.05, 3.63) is 70.7 Å². The topological polar surface area (TPSA) is 123 Å². The normalized spacial score (nSPS) is 15.0. The minimum absolute atomic E-state index is 0.0584. The molecule has 1 fully saturated rings. The molecule has 0 saturated carbocycles. The Hall–Kier alpha value is -3.31. The van der Waals surface area contributed by atoms with Gasteiger partial charge in [0.2, 0.25) is 10.0 Å². The van der Waals surface area contributed by atoms with E-state index in [1.54, 1.807) is 35.4 Å². The van der Waals surface area contributed by atoms with Crippen molar-refractivity contribution in [3.8, 4) is 5.82 Å². The number of piperidine rings is 1. The molecule has 2 aromatic heterocycles. The van der Waals surface area contributed by atoms with E-state index in [1.807, 2.05) is 6.07 Å². The molecular weight excluding hydrogens is 420 g/mol. The molecule has 4 rings (SSSR count). The first-order valence-electron chi connectivity index (χ1n) is 9.92. The third-order valence-electron chi connectivity index (χ3n) is 5.15. The number of pyridine rings is 1. The fraction of sp³-hybridized carbons (Fsp3) is 0.300. The summed E-state index contributed by atoms with van der Waals surface area (Å²) in [6.45, 7) is 1.18. The number of sulfonamides is 1. The van der Waals surface area contributed by atoms with E-state index in [2.05, 4.69) is 15.4 Å². The average Bonchev–Trinajstić information content (AvgIpc) is 3.33. The molecule has 1 saturated heterocycles. The van der Waals surface area contributed by atoms with E-state index in [-0.39, 0.29) is 16.3 Å². The van der Waals surface area contributed by atoms with Crippen molar-refractivity contribution < 1.29 is 13.3 Å². The van der Waals surface area contributed by atoms with Gasteiger partial charge < -0.3 is 5.32 Å². The Morgan fingerprint density at radius 1 is 1.13 bits per heavy atom. The molecule has 0 atom stereocenters. The van der Waals surface area contributed by atoms with Crippen molar-refractivity contribution in [1.29, 1.82) is 0 Å². The molecule has 11 heteroatoms. The fourth-order valence-electron chi connectivity index (χ4n) is 3.49. The molecule has 10 nitrogen and oxygen atoms in total. The van der Waals surface area contributed by atoms with Crippen LogP contribution in [-0.4, -0.2) is 45.5 Å². The molecular formula is C20H22N6O4S. The van der Waals surface area contributed by atoms with Crippen LogP contribution in [0.5, 0.6) is 0 Å². The van der Waals surface area contributed by atoms with E-state index in [1.165, 1.54) is 16.4 Å². The quantitative estimate of drug-likeness (QED) is 0.441. The standard InChI is InChI=1S/C20H22N6O4S/c27-26(28)19-13-17(31(29,30)24-10-2-1-3-11-24)6-7-18(19)21-14-16-5-8-20(22-15-16)25-12-4-9-23-25/h4-9,12-13,15,21H,1-3,10-11,14H2. The highest BCUT2D eigenvalue weighted by Crippen LogP contribution is 2.30. The van der Waals surface area contributed by atoms with Gasteiger partial charge in [0.15, 0.2) is 5.82 Å². The van der Waals surface area contributed by atoms with Crippen LogP contribution < -0.4 is 5.32 Å². The van der Waals surface area contributed by atoms with Crippen LogP contribution >= 0.6 is 0 Å². The number of nitro groups is 1. The third-order valence-corrected chi connectivity index (χ3v) is 7.04. The number of hydrogen-bond donors (Lipinski definition) is 1. The first-order chi connectivity index (χ1) is 14.9. The van der Waals surface area contributed by atoms with Gasteiger partial charge in [0.1, 0.15) is 5.69 Å². The third kappa shape index (κ3) is 4.57. The number of nitrogens with one attached hydrogen (secondary N) is 1. The molecule has 0 amide bonds. The molecule has 1 aliphatic rings. The van der Waals surface area contributed by atoms with Gasteiger partial charge in [-0.15, -0.1) is 0 Å². The average molecular weight is 443 g/mol. The highest BCUT2D eigenvalue weighted by atomic mass is 32.2. The maximum Gasteiger partial charge on any atom is 0.293 e. The fourth-order valence-corrected chi connectivity index (χ4v) is 5.02. The van der Waals surface area contributed by atoms with E-state index >= 15 is 0 Å². The second kappa shape index (κ2) is 8.82. The molecule has 1 aromatic carbocycles. The summed E-state index contributed by atoms with van der Waals surface area (Å²) in [5, 5.41) is 18.7. The van der Waals surface area contributed by atoms with Gasteiger partial charge in [-0.05, 0) is 42.7 Å². The Morgan fingerprint density at radius 3 is 2.58 bits per heavy atom. The van der Waals surface area contributed by atoms with Gasteiger partial charge in [0.25, 0.3) is 5.69 Å². The zero-order chi connectivity index (χ0) is 21.8. The summed E-state index contributed by atoms with van der Waals surface area (Å²) >= 11 is 0. The molecule has 1 N–H and O–H groups in total. The van der Waals surface area contributed by atoms with Gasteiger partial charge in [0.05, 0.1) is 9.82 Å². The van der Waals surface area contributed by atoms with Gasteiger partial charge in [-0.25, -0.2) is 18.1 Å². The molecule has 162 valence electrons. The second-order valence-electron chi connectivity index (χ2n) is 7.23. The van der Waals surface area contributed by atoms with E-state index in [9.17, 15) is 18.5 Å². The lowest BCUT2D eigenvalue weighted by atomic mass is 10.2. The summed E-state index contributed by atoms with van der Waals surface area (Å²) in [5.41, 5.74) is 0.785. The zero-order valence-corrected chi connectivity index (χ0v) is 17.5. The summed E-state index contributed by atoms with van der Waals surface area (Å²) in [4.78, 5) is 15.3. The zero-order valence-electron chi connectivity index (χ0n) is 16.7. The second-order valence-corrected chi connectivity index (χ2v) is 9.17. The Morgan fingerprint density at radius 2 is 1.94 bits per heavy atom. The van der Waals surface area contributed by atoms with Crippen molar-refractivity contribution >= 4 is 21.4 Å². The lowest BCUT2D eigenvalue weighted by molar-refractivity contribution is -0.384. The number of hydrogen-bond acceptors (Lipinski definition) is 7. The van der Waals surface area contributed by atoms with Crippen LogP contribution in [-0.2, 0) is 16.6 Å². The minimum atomic E-state index is -3.75. The maximum atomic E-state index is 12.8. The first-order valence-corrected chi connectivity index (χ1v) is 11.4. The molecule has 0 unspecified atom stereocenters. The summed E-state index contributed by atoms with van der Waals surface area (Å²) in [7, 11) is -3.75. The molecule has 3 heterocycles. The SMILES string of the molecule is O=[N+]([O-])c1cc(S(=O)(=O)N2CCCCC2)ccc1NCc1ccc(-n2cccn2)nc1.